The van der Waals surface area contributed by atoms with Crippen LogP contribution in [0.3, 0.4) is 0 Å². The monoisotopic (exact) mass is 866 g/mol. The van der Waals surface area contributed by atoms with Gasteiger partial charge in [0.1, 0.15) is 25.6 Å². The molecule has 0 amide bonds. The molecule has 3 aromatic carbocycles. The van der Waals surface area contributed by atoms with Crippen LogP contribution in [0.15, 0.2) is 36.4 Å². The number of nitrogens with one attached hydrogen (secondary N) is 3. The molecule has 342 valence electrons. The van der Waals surface area contributed by atoms with Crippen LogP contribution in [0.2, 0.25) is 0 Å². The van der Waals surface area contributed by atoms with Gasteiger partial charge in [0.05, 0.1) is 73.7 Å². The molecule has 3 N–H and O–H groups in total. The molecule has 0 unspecified atom stereocenters. The van der Waals surface area contributed by atoms with Crippen molar-refractivity contribution in [3.8, 4) is 28.7 Å². The SMILES string of the molecule is CCOCCOCCOc1cc(Nc2nc(Nc3cc(OCCOCCOCC)c(OC)cc3C)nc(Nc3cc(OCCOCCOCC)c(OC)cc3C)n2)c(C)cc1C. The lowest BCUT2D eigenvalue weighted by Gasteiger charge is -2.18. The Balaban J connectivity index is 1.62. The van der Waals surface area contributed by atoms with E-state index in [1.807, 2.05) is 84.9 Å². The smallest absolute Gasteiger partial charge is 0.233 e. The maximum absolute atomic E-state index is 6.13. The third-order valence-corrected chi connectivity index (χ3v) is 9.10. The molecule has 1 heterocycles. The summed E-state index contributed by atoms with van der Waals surface area (Å²) in [6.07, 6.45) is 0. The van der Waals surface area contributed by atoms with Gasteiger partial charge in [-0.15, -0.1) is 0 Å². The molecule has 0 atom stereocenters. The molecule has 0 radical (unpaired) electrons. The first kappa shape index (κ1) is 49.5. The number of hydrogen-bond acceptors (Lipinski definition) is 17. The van der Waals surface area contributed by atoms with Crippen molar-refractivity contribution >= 4 is 34.9 Å². The zero-order chi connectivity index (χ0) is 44.5. The van der Waals surface area contributed by atoms with Gasteiger partial charge >= 0.3 is 0 Å². The first-order chi connectivity index (χ1) is 30.2. The summed E-state index contributed by atoms with van der Waals surface area (Å²) in [4.78, 5) is 14.4. The Morgan fingerprint density at radius 3 is 1.02 bits per heavy atom. The number of hydrogen-bond donors (Lipinski definition) is 3. The van der Waals surface area contributed by atoms with Crippen LogP contribution in [0, 0.1) is 27.7 Å². The lowest BCUT2D eigenvalue weighted by atomic mass is 10.1. The zero-order valence-corrected chi connectivity index (χ0v) is 37.9. The minimum absolute atomic E-state index is 0.265. The molecule has 4 aromatic rings. The van der Waals surface area contributed by atoms with Gasteiger partial charge < -0.3 is 68.1 Å². The van der Waals surface area contributed by atoms with Gasteiger partial charge in [-0.3, -0.25) is 0 Å². The van der Waals surface area contributed by atoms with E-state index in [1.165, 1.54) is 0 Å². The third kappa shape index (κ3) is 16.6. The van der Waals surface area contributed by atoms with Crippen molar-refractivity contribution in [1.82, 2.24) is 15.0 Å². The van der Waals surface area contributed by atoms with Crippen LogP contribution >= 0.6 is 0 Å². The highest BCUT2D eigenvalue weighted by molar-refractivity contribution is 5.70. The molecule has 17 nitrogen and oxygen atoms in total. The van der Waals surface area contributed by atoms with Gasteiger partial charge in [-0.25, -0.2) is 0 Å². The van der Waals surface area contributed by atoms with Gasteiger partial charge in [0, 0.05) is 55.1 Å². The van der Waals surface area contributed by atoms with Gasteiger partial charge in [-0.1, -0.05) is 6.07 Å². The van der Waals surface area contributed by atoms with E-state index in [0.29, 0.717) is 139 Å². The quantitative estimate of drug-likeness (QED) is 0.0408. The molecular weight excluding hydrogens is 801 g/mol. The van der Waals surface area contributed by atoms with Crippen molar-refractivity contribution in [2.75, 3.05) is 129 Å². The van der Waals surface area contributed by atoms with Crippen molar-refractivity contribution in [2.45, 2.75) is 48.5 Å². The number of ether oxygens (including phenoxy) is 11. The number of nitrogens with zero attached hydrogens (tertiary/aromatic N) is 3. The molecule has 0 bridgehead atoms. The first-order valence-electron chi connectivity index (χ1n) is 21.1. The number of methoxy groups -OCH3 is 2. The second kappa shape index (κ2) is 27.7. The second-order valence-electron chi connectivity index (χ2n) is 13.7. The van der Waals surface area contributed by atoms with E-state index in [2.05, 4.69) is 16.0 Å². The molecule has 0 spiro atoms. The van der Waals surface area contributed by atoms with Crippen LogP contribution < -0.4 is 39.6 Å². The van der Waals surface area contributed by atoms with Gasteiger partial charge in [0.25, 0.3) is 0 Å². The summed E-state index contributed by atoms with van der Waals surface area (Å²) in [6.45, 7) is 21.0. The number of benzene rings is 3. The summed E-state index contributed by atoms with van der Waals surface area (Å²) in [6, 6.07) is 11.5. The van der Waals surface area contributed by atoms with Gasteiger partial charge in [0.15, 0.2) is 23.0 Å². The number of rotatable bonds is 32. The summed E-state index contributed by atoms with van der Waals surface area (Å²) in [7, 11) is 3.21. The molecule has 0 fully saturated rings. The lowest BCUT2D eigenvalue weighted by molar-refractivity contribution is 0.0401. The van der Waals surface area contributed by atoms with Gasteiger partial charge in [-0.05, 0) is 82.9 Å². The largest absolute Gasteiger partial charge is 0.493 e. The molecule has 0 aliphatic heterocycles. The molecule has 4 rings (SSSR count). The van der Waals surface area contributed by atoms with E-state index in [9.17, 15) is 0 Å². The molecule has 0 aliphatic carbocycles. The Labute approximate surface area is 366 Å². The Morgan fingerprint density at radius 2 is 0.661 bits per heavy atom. The van der Waals surface area contributed by atoms with E-state index in [1.54, 1.807) is 14.2 Å². The Hall–Kier alpha value is -5.17. The molecule has 0 saturated carbocycles. The summed E-state index contributed by atoms with van der Waals surface area (Å²) in [5.74, 6) is 3.74. The van der Waals surface area contributed by atoms with Crippen LogP contribution in [0.5, 0.6) is 28.7 Å². The Morgan fingerprint density at radius 1 is 0.355 bits per heavy atom. The number of anilines is 6. The van der Waals surface area contributed by atoms with Gasteiger partial charge in [0.2, 0.25) is 17.8 Å². The summed E-state index contributed by atoms with van der Waals surface area (Å²) in [5.41, 5.74) is 5.86. The second-order valence-corrected chi connectivity index (χ2v) is 13.7. The fourth-order valence-corrected chi connectivity index (χ4v) is 5.89. The third-order valence-electron chi connectivity index (χ3n) is 9.10. The molecule has 1 aromatic heterocycles. The minimum atomic E-state index is 0.265. The van der Waals surface area contributed by atoms with Crippen molar-refractivity contribution < 1.29 is 52.1 Å². The molecule has 62 heavy (non-hydrogen) atoms. The predicted octanol–water partition coefficient (Wildman–Crippen LogP) is 7.65. The standard InChI is InChI=1S/C45H66N6O11/c1-10-54-13-16-57-19-22-60-38-28-35(31(4)25-34(38)7)46-43-49-44(47-36-29-41(39(52-8)26-32(36)5)61-23-20-58-17-14-55-11-2)51-45(50-43)48-37-30-42(40(53-9)27-33(37)6)62-24-21-59-18-15-56-12-3/h25-30H,10-24H2,1-9H3,(H3,46,47,48,49,50,51). The average molecular weight is 867 g/mol. The topological polar surface area (TPSA) is 176 Å². The van der Waals surface area contributed by atoms with E-state index in [-0.39, 0.29) is 17.8 Å². The molecule has 0 saturated heterocycles. The predicted molar refractivity (Wildman–Crippen MR) is 239 cm³/mol. The first-order valence-corrected chi connectivity index (χ1v) is 21.1. The van der Waals surface area contributed by atoms with E-state index < -0.39 is 0 Å². The maximum atomic E-state index is 6.13. The van der Waals surface area contributed by atoms with E-state index in [0.717, 1.165) is 27.9 Å². The minimum Gasteiger partial charge on any atom is -0.493 e. The van der Waals surface area contributed by atoms with Crippen LogP contribution in [0.1, 0.15) is 43.0 Å². The van der Waals surface area contributed by atoms with Crippen LogP contribution in [0.25, 0.3) is 0 Å². The fourth-order valence-electron chi connectivity index (χ4n) is 5.89. The fraction of sp³-hybridized carbons (Fsp3) is 0.533. The Bertz CT molecular complexity index is 1840. The van der Waals surface area contributed by atoms with Crippen molar-refractivity contribution in [3.63, 3.8) is 0 Å². The number of aromatic nitrogens is 3. The van der Waals surface area contributed by atoms with Crippen LogP contribution in [-0.2, 0) is 28.4 Å². The van der Waals surface area contributed by atoms with Gasteiger partial charge in [-0.2, -0.15) is 15.0 Å². The zero-order valence-electron chi connectivity index (χ0n) is 37.9. The average Bonchev–Trinajstić information content (AvgIpc) is 3.25. The highest BCUT2D eigenvalue weighted by atomic mass is 16.6. The summed E-state index contributed by atoms with van der Waals surface area (Å²) >= 11 is 0. The van der Waals surface area contributed by atoms with Crippen LogP contribution in [-0.4, -0.2) is 128 Å². The normalized spacial score (nSPS) is 11.0. The summed E-state index contributed by atoms with van der Waals surface area (Å²) in [5, 5.41) is 10.2. The van der Waals surface area contributed by atoms with E-state index >= 15 is 0 Å². The molecular formula is C45H66N6O11. The van der Waals surface area contributed by atoms with Crippen molar-refractivity contribution in [3.05, 3.63) is 58.7 Å². The Kier molecular flexibility index (Phi) is 22.1. The van der Waals surface area contributed by atoms with Crippen molar-refractivity contribution in [1.29, 1.82) is 0 Å². The molecule has 0 aliphatic rings. The van der Waals surface area contributed by atoms with E-state index in [4.69, 9.17) is 67.1 Å². The molecule has 17 heteroatoms. The number of aryl methyl sites for hydroxylation is 4. The lowest BCUT2D eigenvalue weighted by Crippen LogP contribution is -2.12. The highest BCUT2D eigenvalue weighted by Crippen LogP contribution is 2.37. The van der Waals surface area contributed by atoms with Crippen molar-refractivity contribution in [2.24, 2.45) is 0 Å². The highest BCUT2D eigenvalue weighted by Gasteiger charge is 2.17. The maximum Gasteiger partial charge on any atom is 0.233 e. The van der Waals surface area contributed by atoms with Crippen LogP contribution in [0.4, 0.5) is 34.9 Å². The summed E-state index contributed by atoms with van der Waals surface area (Å²) < 4.78 is 62.6.